The molecule has 0 saturated carbocycles. The van der Waals surface area contributed by atoms with Gasteiger partial charge < -0.3 is 0 Å². The van der Waals surface area contributed by atoms with E-state index in [0.29, 0.717) is 10.7 Å². The van der Waals surface area contributed by atoms with Gasteiger partial charge in [-0.1, -0.05) is 48.5 Å². The van der Waals surface area contributed by atoms with Crippen molar-refractivity contribution in [3.63, 3.8) is 0 Å². The summed E-state index contributed by atoms with van der Waals surface area (Å²) in [6.07, 6.45) is 5.43. The first-order valence-electron chi connectivity index (χ1n) is 10.9. The molecule has 1 fully saturated rings. The van der Waals surface area contributed by atoms with Crippen LogP contribution in [0.25, 0.3) is 5.69 Å². The third-order valence-electron chi connectivity index (χ3n) is 5.88. The van der Waals surface area contributed by atoms with Gasteiger partial charge in [0.25, 0.3) is 5.91 Å². The maximum atomic E-state index is 13.5. The van der Waals surface area contributed by atoms with Gasteiger partial charge in [-0.15, -0.1) is 5.10 Å². The van der Waals surface area contributed by atoms with Crippen molar-refractivity contribution in [2.24, 2.45) is 0 Å². The lowest BCUT2D eigenvalue weighted by atomic mass is 10.0. The highest BCUT2D eigenvalue weighted by atomic mass is 32.1. The molecule has 0 radical (unpaired) electrons. The number of benzene rings is 2. The van der Waals surface area contributed by atoms with Gasteiger partial charge >= 0.3 is 0 Å². The quantitative estimate of drug-likeness (QED) is 0.436. The summed E-state index contributed by atoms with van der Waals surface area (Å²) < 4.78 is 5.96. The van der Waals surface area contributed by atoms with Crippen LogP contribution in [0, 0.1) is 0 Å². The maximum absolute atomic E-state index is 13.5. The van der Waals surface area contributed by atoms with Gasteiger partial charge in [0, 0.05) is 44.1 Å². The Kier molecular flexibility index (Phi) is 6.09. The van der Waals surface area contributed by atoms with E-state index in [-0.39, 0.29) is 11.9 Å². The fourth-order valence-corrected chi connectivity index (χ4v) is 4.78. The molecule has 4 aromatic rings. The van der Waals surface area contributed by atoms with E-state index in [2.05, 4.69) is 33.5 Å². The zero-order valence-corrected chi connectivity index (χ0v) is 18.6. The summed E-state index contributed by atoms with van der Waals surface area (Å²) >= 11 is 1.24. The zero-order valence-electron chi connectivity index (χ0n) is 17.7. The van der Waals surface area contributed by atoms with Crippen LogP contribution in [0.1, 0.15) is 28.1 Å². The van der Waals surface area contributed by atoms with Crippen molar-refractivity contribution < 1.29 is 4.79 Å². The number of amides is 1. The highest BCUT2D eigenvalue weighted by molar-refractivity contribution is 7.08. The Labute approximate surface area is 191 Å². The minimum absolute atomic E-state index is 0.0210. The van der Waals surface area contributed by atoms with E-state index in [0.717, 1.165) is 38.2 Å². The predicted octanol–water partition coefficient (Wildman–Crippen LogP) is 4.64. The first kappa shape index (κ1) is 20.6. The topological polar surface area (TPSA) is 54.3 Å². The summed E-state index contributed by atoms with van der Waals surface area (Å²) in [6, 6.07) is 24.4. The summed E-state index contributed by atoms with van der Waals surface area (Å²) in [6.45, 7) is 2.84. The molecule has 1 saturated heterocycles. The van der Waals surface area contributed by atoms with E-state index in [1.54, 1.807) is 12.3 Å². The average molecular weight is 444 g/mol. The van der Waals surface area contributed by atoms with Crippen LogP contribution in [0.3, 0.4) is 0 Å². The molecule has 0 unspecified atom stereocenters. The number of anilines is 1. The molecule has 5 rings (SSSR count). The van der Waals surface area contributed by atoms with E-state index >= 15 is 0 Å². The smallest absolute Gasteiger partial charge is 0.271 e. The van der Waals surface area contributed by atoms with Crippen LogP contribution in [-0.2, 0) is 6.54 Å². The number of aromatic nitrogens is 3. The molecule has 0 spiro atoms. The van der Waals surface area contributed by atoms with E-state index in [9.17, 15) is 4.79 Å². The van der Waals surface area contributed by atoms with Gasteiger partial charge in [0.05, 0.1) is 5.69 Å². The molecule has 0 bridgehead atoms. The van der Waals surface area contributed by atoms with Gasteiger partial charge in [-0.05, 0) is 48.1 Å². The number of para-hydroxylation sites is 1. The van der Waals surface area contributed by atoms with Gasteiger partial charge in [0.2, 0.25) is 0 Å². The van der Waals surface area contributed by atoms with Gasteiger partial charge in [-0.2, -0.15) is 0 Å². The third kappa shape index (κ3) is 4.49. The monoisotopic (exact) mass is 443 g/mol. The molecule has 0 atom stereocenters. The third-order valence-corrected chi connectivity index (χ3v) is 6.62. The Bertz CT molecular complexity index is 1140. The number of likely N-dealkylation sites (tertiary alicyclic amines) is 1. The molecule has 1 amide bonds. The SMILES string of the molecule is O=C(c1ccns1)N(c1ccn(-c2ccccc2)n1)C1CCN(Cc2ccccc2)CC1. The molecule has 1 aliphatic rings. The van der Waals surface area contributed by atoms with Gasteiger partial charge in [0.15, 0.2) is 5.82 Å². The molecule has 32 heavy (non-hydrogen) atoms. The summed E-state index contributed by atoms with van der Waals surface area (Å²) in [5.74, 6) is 0.668. The molecule has 0 N–H and O–H groups in total. The van der Waals surface area contributed by atoms with E-state index in [1.807, 2.05) is 58.2 Å². The maximum Gasteiger partial charge on any atom is 0.271 e. The zero-order chi connectivity index (χ0) is 21.8. The van der Waals surface area contributed by atoms with Crippen LogP contribution in [-0.4, -0.2) is 44.1 Å². The first-order chi connectivity index (χ1) is 15.8. The van der Waals surface area contributed by atoms with E-state index < -0.39 is 0 Å². The highest BCUT2D eigenvalue weighted by Crippen LogP contribution is 2.27. The Morgan fingerprint density at radius 2 is 1.69 bits per heavy atom. The standard InChI is InChI=1S/C25H25N5OS/c31-25(23-11-15-26-32-23)30(24-14-18-29(27-24)21-9-5-2-6-10-21)22-12-16-28(17-13-22)19-20-7-3-1-4-8-20/h1-11,14-15,18,22H,12-13,16-17,19H2. The minimum Gasteiger partial charge on any atom is -0.299 e. The van der Waals surface area contributed by atoms with Crippen LogP contribution in [0.5, 0.6) is 0 Å². The van der Waals surface area contributed by atoms with Crippen LogP contribution in [0.2, 0.25) is 0 Å². The van der Waals surface area contributed by atoms with Gasteiger partial charge in [-0.3, -0.25) is 14.6 Å². The second-order valence-electron chi connectivity index (χ2n) is 8.00. The largest absolute Gasteiger partial charge is 0.299 e. The molecule has 7 heteroatoms. The molecular weight excluding hydrogens is 418 g/mol. The lowest BCUT2D eigenvalue weighted by Gasteiger charge is -2.37. The Balaban J connectivity index is 1.36. The average Bonchev–Trinajstić information content (AvgIpc) is 3.55. The number of nitrogens with zero attached hydrogens (tertiary/aromatic N) is 5. The van der Waals surface area contributed by atoms with Crippen LogP contribution in [0.4, 0.5) is 5.82 Å². The van der Waals surface area contributed by atoms with Crippen LogP contribution < -0.4 is 4.90 Å². The number of piperidine rings is 1. The second-order valence-corrected chi connectivity index (χ2v) is 8.83. The number of rotatable bonds is 6. The van der Waals surface area contributed by atoms with Crippen LogP contribution >= 0.6 is 11.5 Å². The molecule has 6 nitrogen and oxygen atoms in total. The minimum atomic E-state index is -0.0210. The highest BCUT2D eigenvalue weighted by Gasteiger charge is 2.32. The lowest BCUT2D eigenvalue weighted by Crippen LogP contribution is -2.47. The number of carbonyl (C=O) groups excluding carboxylic acids is 1. The normalized spacial score (nSPS) is 15.0. The lowest BCUT2D eigenvalue weighted by molar-refractivity contribution is 0.0961. The first-order valence-corrected chi connectivity index (χ1v) is 11.7. The summed E-state index contributed by atoms with van der Waals surface area (Å²) in [5, 5.41) is 4.77. The van der Waals surface area contributed by atoms with Gasteiger partial charge in [-0.25, -0.2) is 9.06 Å². The Morgan fingerprint density at radius 3 is 2.38 bits per heavy atom. The fraction of sp³-hybridized carbons (Fsp3) is 0.240. The molecular formula is C25H25N5OS. The molecule has 3 heterocycles. The summed E-state index contributed by atoms with van der Waals surface area (Å²) in [5.41, 5.74) is 2.30. The number of hydrogen-bond donors (Lipinski definition) is 0. The predicted molar refractivity (Wildman–Crippen MR) is 127 cm³/mol. The van der Waals surface area contributed by atoms with E-state index in [4.69, 9.17) is 5.10 Å². The second kappa shape index (κ2) is 9.46. The number of carbonyl (C=O) groups is 1. The summed E-state index contributed by atoms with van der Waals surface area (Å²) in [7, 11) is 0. The molecule has 0 aliphatic carbocycles. The van der Waals surface area contributed by atoms with Crippen molar-refractivity contribution in [1.82, 2.24) is 19.1 Å². The Hall–Kier alpha value is -3.29. The van der Waals surface area contributed by atoms with Gasteiger partial charge in [0.1, 0.15) is 4.88 Å². The molecule has 1 aliphatic heterocycles. The number of hydrogen-bond acceptors (Lipinski definition) is 5. The molecule has 2 aromatic heterocycles. The van der Waals surface area contributed by atoms with Crippen LogP contribution in [0.15, 0.2) is 85.2 Å². The van der Waals surface area contributed by atoms with Crippen molar-refractivity contribution in [3.8, 4) is 5.69 Å². The Morgan fingerprint density at radius 1 is 0.969 bits per heavy atom. The van der Waals surface area contributed by atoms with Crippen molar-refractivity contribution in [2.45, 2.75) is 25.4 Å². The molecule has 2 aromatic carbocycles. The summed E-state index contributed by atoms with van der Waals surface area (Å²) in [4.78, 5) is 18.4. The van der Waals surface area contributed by atoms with Crippen molar-refractivity contribution >= 4 is 23.3 Å². The van der Waals surface area contributed by atoms with Crippen molar-refractivity contribution in [3.05, 3.63) is 95.6 Å². The fourth-order valence-electron chi connectivity index (χ4n) is 4.25. The molecule has 162 valence electrons. The van der Waals surface area contributed by atoms with Crippen molar-refractivity contribution in [2.75, 3.05) is 18.0 Å². The van der Waals surface area contributed by atoms with E-state index in [1.165, 1.54) is 17.1 Å². The van der Waals surface area contributed by atoms with Crippen molar-refractivity contribution in [1.29, 1.82) is 0 Å².